The molecule has 0 aromatic rings. The molecular formula is C21H43OP. The molecule has 0 radical (unpaired) electrons. The van der Waals surface area contributed by atoms with Crippen LogP contribution in [0.15, 0.2) is 0 Å². The Morgan fingerprint density at radius 3 is 1.61 bits per heavy atom. The first-order valence-electron chi connectivity index (χ1n) is 10.3. The molecule has 0 spiro atoms. The highest BCUT2D eigenvalue weighted by atomic mass is 31.1. The summed E-state index contributed by atoms with van der Waals surface area (Å²) in [5.74, 6) is 1.53. The third-order valence-electron chi connectivity index (χ3n) is 5.23. The summed E-state index contributed by atoms with van der Waals surface area (Å²) in [5, 5.41) is -0.0535. The lowest BCUT2D eigenvalue weighted by Crippen LogP contribution is -2.21. The number of unbranched alkanes of at least 4 members (excludes halogenated alkanes) is 8. The van der Waals surface area contributed by atoms with E-state index in [0.29, 0.717) is 14.4 Å². The van der Waals surface area contributed by atoms with Crippen molar-refractivity contribution in [3.63, 3.8) is 0 Å². The Hall–Kier alpha value is 0.100. The monoisotopic (exact) mass is 342 g/mol. The van der Waals surface area contributed by atoms with Crippen LogP contribution in [0.25, 0.3) is 0 Å². The van der Waals surface area contributed by atoms with Gasteiger partial charge in [-0.3, -0.25) is 4.57 Å². The fourth-order valence-electron chi connectivity index (χ4n) is 3.73. The summed E-state index contributed by atoms with van der Waals surface area (Å²) in [5.41, 5.74) is 0. The van der Waals surface area contributed by atoms with Crippen LogP contribution in [0.3, 0.4) is 0 Å². The van der Waals surface area contributed by atoms with E-state index in [2.05, 4.69) is 34.6 Å². The molecule has 0 aromatic carbocycles. The highest BCUT2D eigenvalue weighted by Gasteiger charge is 2.26. The molecule has 0 saturated carbocycles. The Kier molecular flexibility index (Phi) is 14.5. The Bertz CT molecular complexity index is 261. The Labute approximate surface area is 148 Å². The molecule has 0 aliphatic carbocycles. The van der Waals surface area contributed by atoms with E-state index < -0.39 is 0 Å². The molecule has 0 amide bonds. The Morgan fingerprint density at radius 1 is 0.783 bits per heavy atom. The highest BCUT2D eigenvalue weighted by Crippen LogP contribution is 2.36. The summed E-state index contributed by atoms with van der Waals surface area (Å²) in [4.78, 5) is 0. The van der Waals surface area contributed by atoms with Crippen LogP contribution in [0.2, 0.25) is 0 Å². The van der Waals surface area contributed by atoms with Crippen molar-refractivity contribution >= 4 is 8.46 Å². The molecule has 0 aromatic heterocycles. The minimum absolute atomic E-state index is 0.0535. The fourth-order valence-corrected chi connectivity index (χ4v) is 4.09. The molecule has 0 saturated heterocycles. The van der Waals surface area contributed by atoms with Gasteiger partial charge in [0.1, 0.15) is 0 Å². The molecule has 0 fully saturated rings. The van der Waals surface area contributed by atoms with E-state index in [9.17, 15) is 4.57 Å². The van der Waals surface area contributed by atoms with Crippen LogP contribution in [-0.2, 0) is 4.57 Å². The first kappa shape index (κ1) is 23.1. The summed E-state index contributed by atoms with van der Waals surface area (Å²) < 4.78 is 11.3. The van der Waals surface area contributed by atoms with E-state index >= 15 is 0 Å². The van der Waals surface area contributed by atoms with Crippen LogP contribution >= 0.6 is 8.46 Å². The van der Waals surface area contributed by atoms with Gasteiger partial charge in [0.05, 0.1) is 0 Å². The maximum absolute atomic E-state index is 11.3. The van der Waals surface area contributed by atoms with Crippen LogP contribution in [-0.4, -0.2) is 5.16 Å². The van der Waals surface area contributed by atoms with E-state index in [0.717, 1.165) is 12.3 Å². The molecule has 2 heteroatoms. The van der Waals surface area contributed by atoms with Gasteiger partial charge in [-0.15, -0.1) is 0 Å². The largest absolute Gasteiger partial charge is 0.274 e. The van der Waals surface area contributed by atoms with Crippen molar-refractivity contribution in [1.82, 2.24) is 0 Å². The zero-order valence-electron chi connectivity index (χ0n) is 16.7. The number of hydrogen-bond acceptors (Lipinski definition) is 1. The topological polar surface area (TPSA) is 17.1 Å². The first-order valence-corrected chi connectivity index (χ1v) is 11.1. The van der Waals surface area contributed by atoms with E-state index in [1.54, 1.807) is 0 Å². The average molecular weight is 343 g/mol. The minimum Gasteiger partial charge on any atom is -0.274 e. The Morgan fingerprint density at radius 2 is 1.22 bits per heavy atom. The highest BCUT2D eigenvalue weighted by molar-refractivity contribution is 7.25. The molecule has 0 aliphatic rings. The summed E-state index contributed by atoms with van der Waals surface area (Å²) >= 11 is 0. The summed E-state index contributed by atoms with van der Waals surface area (Å²) in [6.45, 7) is 11.2. The lowest BCUT2D eigenvalue weighted by atomic mass is 9.80. The molecule has 0 bridgehead atoms. The second-order valence-corrected chi connectivity index (χ2v) is 9.64. The SMILES string of the molecule is CCCCCCCC(CCCCCCC)C(C)CC(C)(C)P=O. The van der Waals surface area contributed by atoms with Gasteiger partial charge in [0, 0.05) is 5.16 Å². The predicted molar refractivity (Wildman–Crippen MR) is 106 cm³/mol. The maximum Gasteiger partial charge on any atom is 0.161 e. The van der Waals surface area contributed by atoms with Gasteiger partial charge in [-0.2, -0.15) is 0 Å². The molecular weight excluding hydrogens is 299 g/mol. The van der Waals surface area contributed by atoms with Crippen molar-refractivity contribution in [3.05, 3.63) is 0 Å². The summed E-state index contributed by atoms with van der Waals surface area (Å²) in [6.07, 6.45) is 17.7. The van der Waals surface area contributed by atoms with Crippen molar-refractivity contribution in [2.45, 2.75) is 123 Å². The van der Waals surface area contributed by atoms with Crippen LogP contribution in [0.5, 0.6) is 0 Å². The van der Waals surface area contributed by atoms with Crippen molar-refractivity contribution in [3.8, 4) is 0 Å². The molecule has 1 nitrogen and oxygen atoms in total. The Balaban J connectivity index is 4.26. The maximum atomic E-state index is 11.3. The minimum atomic E-state index is -0.0535. The molecule has 0 rings (SSSR count). The average Bonchev–Trinajstić information content (AvgIpc) is 2.52. The van der Waals surface area contributed by atoms with E-state index in [-0.39, 0.29) is 5.16 Å². The van der Waals surface area contributed by atoms with E-state index in [1.165, 1.54) is 77.0 Å². The van der Waals surface area contributed by atoms with Gasteiger partial charge in [0.25, 0.3) is 0 Å². The van der Waals surface area contributed by atoms with Gasteiger partial charge in [-0.25, -0.2) is 0 Å². The molecule has 0 heterocycles. The smallest absolute Gasteiger partial charge is 0.161 e. The van der Waals surface area contributed by atoms with Gasteiger partial charge >= 0.3 is 0 Å². The molecule has 0 N–H and O–H groups in total. The van der Waals surface area contributed by atoms with Gasteiger partial charge in [0.15, 0.2) is 8.46 Å². The molecule has 138 valence electrons. The fraction of sp³-hybridized carbons (Fsp3) is 1.00. The normalized spacial score (nSPS) is 13.8. The van der Waals surface area contributed by atoms with Crippen LogP contribution in [0.4, 0.5) is 0 Å². The molecule has 23 heavy (non-hydrogen) atoms. The standard InChI is InChI=1S/C21H43OP/c1-6-8-10-12-14-16-20(17-15-13-11-9-7-2)19(3)18-21(4,5)23-22/h19-20H,6-18H2,1-5H3. The first-order chi connectivity index (χ1) is 11.0. The molecule has 1 unspecified atom stereocenters. The number of hydrogen-bond donors (Lipinski definition) is 0. The third-order valence-corrected chi connectivity index (χ3v) is 5.91. The quantitative estimate of drug-likeness (QED) is 0.203. The van der Waals surface area contributed by atoms with Crippen LogP contribution < -0.4 is 0 Å². The second kappa shape index (κ2) is 14.4. The zero-order chi connectivity index (χ0) is 17.6. The van der Waals surface area contributed by atoms with Crippen molar-refractivity contribution in [2.75, 3.05) is 0 Å². The van der Waals surface area contributed by atoms with Crippen LogP contribution in [0, 0.1) is 11.8 Å². The van der Waals surface area contributed by atoms with Crippen molar-refractivity contribution in [2.24, 2.45) is 11.8 Å². The van der Waals surface area contributed by atoms with Gasteiger partial charge < -0.3 is 0 Å². The predicted octanol–water partition coefficient (Wildman–Crippen LogP) is 8.42. The number of rotatable bonds is 16. The molecule has 1 atom stereocenters. The lowest BCUT2D eigenvalue weighted by Gasteiger charge is -2.29. The van der Waals surface area contributed by atoms with Gasteiger partial charge in [-0.05, 0) is 32.1 Å². The molecule has 0 aliphatic heterocycles. The van der Waals surface area contributed by atoms with Gasteiger partial charge in [-0.1, -0.05) is 97.8 Å². The lowest BCUT2D eigenvalue weighted by molar-refractivity contribution is 0.265. The van der Waals surface area contributed by atoms with E-state index in [1.807, 2.05) is 0 Å². The van der Waals surface area contributed by atoms with Gasteiger partial charge in [0.2, 0.25) is 0 Å². The summed E-state index contributed by atoms with van der Waals surface area (Å²) in [6, 6.07) is 0. The summed E-state index contributed by atoms with van der Waals surface area (Å²) in [7, 11) is 0.309. The zero-order valence-corrected chi connectivity index (χ0v) is 17.6. The second-order valence-electron chi connectivity index (χ2n) is 8.25. The van der Waals surface area contributed by atoms with E-state index in [4.69, 9.17) is 0 Å². The third kappa shape index (κ3) is 13.1. The van der Waals surface area contributed by atoms with Crippen molar-refractivity contribution in [1.29, 1.82) is 0 Å². The van der Waals surface area contributed by atoms with Crippen LogP contribution in [0.1, 0.15) is 118 Å². The van der Waals surface area contributed by atoms with Crippen molar-refractivity contribution < 1.29 is 4.57 Å².